The molecule has 2 aromatic rings. The molecule has 1 aliphatic carbocycles. The second-order valence-corrected chi connectivity index (χ2v) is 6.36. The van der Waals surface area contributed by atoms with E-state index in [1.165, 1.54) is 19.8 Å². The number of amides is 1. The maximum Gasteiger partial charge on any atom is 0.229 e. The van der Waals surface area contributed by atoms with Crippen LogP contribution in [-0.4, -0.2) is 43.8 Å². The lowest BCUT2D eigenvalue weighted by Crippen LogP contribution is -2.22. The average molecular weight is 316 g/mol. The van der Waals surface area contributed by atoms with Crippen LogP contribution in [0, 0.1) is 0 Å². The van der Waals surface area contributed by atoms with E-state index in [9.17, 15) is 4.79 Å². The van der Waals surface area contributed by atoms with Gasteiger partial charge in [-0.3, -0.25) is 14.4 Å². The maximum absolute atomic E-state index is 11.1. The molecule has 1 unspecified atom stereocenters. The van der Waals surface area contributed by atoms with Gasteiger partial charge in [0, 0.05) is 38.2 Å². The van der Waals surface area contributed by atoms with Crippen LogP contribution in [0.15, 0.2) is 16.8 Å². The molecule has 2 fully saturated rings. The van der Waals surface area contributed by atoms with Gasteiger partial charge in [0.2, 0.25) is 11.8 Å². The normalized spacial score (nSPS) is 21.7. The van der Waals surface area contributed by atoms with Crippen LogP contribution in [0.3, 0.4) is 0 Å². The number of anilines is 1. The number of nitrogens with one attached hydrogen (secondary N) is 1. The number of carbonyl (C=O) groups is 1. The predicted octanol–water partition coefficient (Wildman–Crippen LogP) is 1.55. The standard InChI is InChI=1S/C15H20N6O2/c1-10(22)16-13-5-7-21(18-13)12-4-6-20(8-12)9-14-17-15(23-19-14)11-2-3-11/h5,7,11-12H,2-4,6,8-9H2,1H3,(H,16,18,22). The third-order valence-corrected chi connectivity index (χ3v) is 4.31. The summed E-state index contributed by atoms with van der Waals surface area (Å²) in [6, 6.07) is 2.14. The van der Waals surface area contributed by atoms with Crippen LogP contribution in [-0.2, 0) is 11.3 Å². The van der Waals surface area contributed by atoms with Crippen molar-refractivity contribution in [3.05, 3.63) is 24.0 Å². The van der Waals surface area contributed by atoms with Gasteiger partial charge in [-0.15, -0.1) is 0 Å². The molecule has 23 heavy (non-hydrogen) atoms. The first-order valence-electron chi connectivity index (χ1n) is 8.05. The van der Waals surface area contributed by atoms with Crippen molar-refractivity contribution >= 4 is 11.7 Å². The highest BCUT2D eigenvalue weighted by Crippen LogP contribution is 2.38. The van der Waals surface area contributed by atoms with E-state index in [0.717, 1.165) is 31.2 Å². The van der Waals surface area contributed by atoms with Gasteiger partial charge in [-0.1, -0.05) is 5.16 Å². The first kappa shape index (κ1) is 14.4. The largest absolute Gasteiger partial charge is 0.339 e. The van der Waals surface area contributed by atoms with Crippen LogP contribution in [0.1, 0.15) is 49.9 Å². The van der Waals surface area contributed by atoms with Crippen molar-refractivity contribution < 1.29 is 9.32 Å². The van der Waals surface area contributed by atoms with Gasteiger partial charge in [0.15, 0.2) is 11.6 Å². The zero-order valence-electron chi connectivity index (χ0n) is 13.1. The van der Waals surface area contributed by atoms with Crippen LogP contribution >= 0.6 is 0 Å². The maximum atomic E-state index is 11.1. The second-order valence-electron chi connectivity index (χ2n) is 6.36. The fourth-order valence-corrected chi connectivity index (χ4v) is 2.99. The molecule has 2 aliphatic rings. The molecule has 8 nitrogen and oxygen atoms in total. The number of carbonyl (C=O) groups excluding carboxylic acids is 1. The predicted molar refractivity (Wildman–Crippen MR) is 81.7 cm³/mol. The summed E-state index contributed by atoms with van der Waals surface area (Å²) in [5.41, 5.74) is 0. The third-order valence-electron chi connectivity index (χ3n) is 4.31. The van der Waals surface area contributed by atoms with Crippen LogP contribution in [0.2, 0.25) is 0 Å². The van der Waals surface area contributed by atoms with E-state index >= 15 is 0 Å². The molecule has 1 N–H and O–H groups in total. The van der Waals surface area contributed by atoms with Gasteiger partial charge >= 0.3 is 0 Å². The third kappa shape index (κ3) is 3.26. The Kier molecular flexibility index (Phi) is 3.60. The lowest BCUT2D eigenvalue weighted by Gasteiger charge is -2.13. The van der Waals surface area contributed by atoms with Gasteiger partial charge in [0.1, 0.15) is 0 Å². The first-order valence-corrected chi connectivity index (χ1v) is 8.05. The second kappa shape index (κ2) is 5.77. The summed E-state index contributed by atoms with van der Waals surface area (Å²) in [7, 11) is 0. The lowest BCUT2D eigenvalue weighted by atomic mass is 10.3. The quantitative estimate of drug-likeness (QED) is 0.900. The molecule has 0 bridgehead atoms. The molecule has 1 atom stereocenters. The lowest BCUT2D eigenvalue weighted by molar-refractivity contribution is -0.114. The van der Waals surface area contributed by atoms with Gasteiger partial charge < -0.3 is 9.84 Å². The highest BCUT2D eigenvalue weighted by atomic mass is 16.5. The van der Waals surface area contributed by atoms with E-state index < -0.39 is 0 Å². The molecule has 0 spiro atoms. The van der Waals surface area contributed by atoms with Crippen molar-refractivity contribution in [3.63, 3.8) is 0 Å². The molecule has 4 rings (SSSR count). The van der Waals surface area contributed by atoms with Gasteiger partial charge in [-0.25, -0.2) is 0 Å². The van der Waals surface area contributed by atoms with E-state index in [4.69, 9.17) is 4.52 Å². The SMILES string of the molecule is CC(=O)Nc1ccn(C2CCN(Cc3noc(C4CC4)n3)C2)n1. The van der Waals surface area contributed by atoms with Gasteiger partial charge in [-0.2, -0.15) is 10.1 Å². The molecule has 1 saturated carbocycles. The van der Waals surface area contributed by atoms with E-state index in [1.54, 1.807) is 0 Å². The van der Waals surface area contributed by atoms with E-state index in [-0.39, 0.29) is 5.91 Å². The smallest absolute Gasteiger partial charge is 0.229 e. The first-order chi connectivity index (χ1) is 11.2. The Morgan fingerprint density at radius 1 is 1.43 bits per heavy atom. The van der Waals surface area contributed by atoms with Crippen molar-refractivity contribution in [2.45, 2.75) is 44.7 Å². The summed E-state index contributed by atoms with van der Waals surface area (Å²) < 4.78 is 7.23. The van der Waals surface area contributed by atoms with Gasteiger partial charge in [0.25, 0.3) is 0 Å². The van der Waals surface area contributed by atoms with E-state index in [0.29, 0.717) is 24.3 Å². The summed E-state index contributed by atoms with van der Waals surface area (Å²) in [6.45, 7) is 4.07. The van der Waals surface area contributed by atoms with Crippen molar-refractivity contribution in [2.24, 2.45) is 0 Å². The fraction of sp³-hybridized carbons (Fsp3) is 0.600. The Morgan fingerprint density at radius 3 is 3.09 bits per heavy atom. The molecule has 0 radical (unpaired) electrons. The van der Waals surface area contributed by atoms with Crippen molar-refractivity contribution in [3.8, 4) is 0 Å². The Bertz CT molecular complexity index is 704. The minimum absolute atomic E-state index is 0.105. The molecule has 8 heteroatoms. The van der Waals surface area contributed by atoms with E-state index in [2.05, 4.69) is 25.5 Å². The number of nitrogens with zero attached hydrogens (tertiary/aromatic N) is 5. The van der Waals surface area contributed by atoms with Gasteiger partial charge in [0.05, 0.1) is 12.6 Å². The zero-order valence-corrected chi connectivity index (χ0v) is 13.1. The average Bonchev–Trinajstić information content (AvgIpc) is 2.90. The molecular formula is C15H20N6O2. The summed E-state index contributed by atoms with van der Waals surface area (Å²) in [5, 5.41) is 11.2. The number of likely N-dealkylation sites (tertiary alicyclic amines) is 1. The Labute approximate surface area is 133 Å². The molecule has 1 aliphatic heterocycles. The van der Waals surface area contributed by atoms with Crippen LogP contribution < -0.4 is 5.32 Å². The van der Waals surface area contributed by atoms with Gasteiger partial charge in [-0.05, 0) is 19.3 Å². The van der Waals surface area contributed by atoms with Crippen molar-refractivity contribution in [2.75, 3.05) is 18.4 Å². The molecule has 2 aromatic heterocycles. The molecule has 1 amide bonds. The molecule has 1 saturated heterocycles. The topological polar surface area (TPSA) is 89.1 Å². The number of hydrogen-bond acceptors (Lipinski definition) is 6. The number of rotatable bonds is 5. The van der Waals surface area contributed by atoms with Crippen molar-refractivity contribution in [1.82, 2.24) is 24.8 Å². The monoisotopic (exact) mass is 316 g/mol. The molecule has 0 aromatic carbocycles. The van der Waals surface area contributed by atoms with Crippen LogP contribution in [0.25, 0.3) is 0 Å². The number of hydrogen-bond donors (Lipinski definition) is 1. The highest BCUT2D eigenvalue weighted by molar-refractivity contribution is 5.87. The van der Waals surface area contributed by atoms with Crippen LogP contribution in [0.5, 0.6) is 0 Å². The molecule has 3 heterocycles. The fourth-order valence-electron chi connectivity index (χ4n) is 2.99. The minimum atomic E-state index is -0.105. The highest BCUT2D eigenvalue weighted by Gasteiger charge is 2.30. The molecule has 122 valence electrons. The number of aromatic nitrogens is 4. The van der Waals surface area contributed by atoms with E-state index in [1.807, 2.05) is 16.9 Å². The Hall–Kier alpha value is -2.22. The molecular weight excluding hydrogens is 296 g/mol. The minimum Gasteiger partial charge on any atom is -0.339 e. The summed E-state index contributed by atoms with van der Waals surface area (Å²) >= 11 is 0. The summed E-state index contributed by atoms with van der Waals surface area (Å²) in [4.78, 5) is 17.9. The zero-order chi connectivity index (χ0) is 15.8. The Morgan fingerprint density at radius 2 is 2.30 bits per heavy atom. The Balaban J connectivity index is 1.34. The van der Waals surface area contributed by atoms with Crippen LogP contribution in [0.4, 0.5) is 5.82 Å². The summed E-state index contributed by atoms with van der Waals surface area (Å²) in [6.07, 6.45) is 5.28. The van der Waals surface area contributed by atoms with Crippen molar-refractivity contribution in [1.29, 1.82) is 0 Å². The summed E-state index contributed by atoms with van der Waals surface area (Å²) in [5.74, 6) is 2.56.